The second-order valence-corrected chi connectivity index (χ2v) is 7.44. The fourth-order valence-electron chi connectivity index (χ4n) is 2.19. The summed E-state index contributed by atoms with van der Waals surface area (Å²) in [7, 11) is 0. The van der Waals surface area contributed by atoms with Gasteiger partial charge in [-0.15, -0.1) is 0 Å². The molecular weight excluding hydrogens is 262 g/mol. The zero-order chi connectivity index (χ0) is 14.3. The third-order valence-corrected chi connectivity index (χ3v) is 3.82. The monoisotopic (exact) mass is 285 g/mol. The average molecular weight is 285 g/mol. The number of nitrogens with zero attached hydrogens (tertiary/aromatic N) is 3. The molecule has 0 spiro atoms. The maximum absolute atomic E-state index is 9.34. The topological polar surface area (TPSA) is 58.5 Å². The Kier molecular flexibility index (Phi) is 3.86. The molecule has 0 aliphatic carbocycles. The molecule has 19 heavy (non-hydrogen) atoms. The van der Waals surface area contributed by atoms with Gasteiger partial charge in [0.2, 0.25) is 5.13 Å². The molecule has 0 amide bonds. The quantitative estimate of drug-likeness (QED) is 0.898. The third-order valence-electron chi connectivity index (χ3n) is 3.04. The molecule has 1 N–H and O–H groups in total. The molecule has 1 saturated heterocycles. The summed E-state index contributed by atoms with van der Waals surface area (Å²) < 4.78 is 10.3. The molecule has 0 radical (unpaired) electrons. The van der Waals surface area contributed by atoms with E-state index in [9.17, 15) is 5.11 Å². The lowest BCUT2D eigenvalue weighted by atomic mass is 9.96. The maximum atomic E-state index is 9.34. The summed E-state index contributed by atoms with van der Waals surface area (Å²) in [5, 5.41) is 10.3. The number of hydrogen-bond donors (Lipinski definition) is 1. The van der Waals surface area contributed by atoms with Gasteiger partial charge in [-0.3, -0.25) is 0 Å². The number of morpholine rings is 1. The van der Waals surface area contributed by atoms with Gasteiger partial charge in [-0.05, 0) is 13.8 Å². The third kappa shape index (κ3) is 3.43. The van der Waals surface area contributed by atoms with Gasteiger partial charge in [-0.1, -0.05) is 20.8 Å². The van der Waals surface area contributed by atoms with Crippen LogP contribution < -0.4 is 4.90 Å². The van der Waals surface area contributed by atoms with Crippen LogP contribution in [0.1, 0.15) is 40.4 Å². The molecule has 0 bridgehead atoms. The zero-order valence-corrected chi connectivity index (χ0v) is 13.1. The fraction of sp³-hybridized carbons (Fsp3) is 0.846. The largest absolute Gasteiger partial charge is 0.394 e. The molecule has 6 heteroatoms. The Hall–Kier alpha value is -0.720. The second kappa shape index (κ2) is 5.00. The number of aromatic nitrogens is 2. The summed E-state index contributed by atoms with van der Waals surface area (Å²) in [6, 6.07) is 0. The van der Waals surface area contributed by atoms with Crippen molar-refractivity contribution in [1.29, 1.82) is 0 Å². The highest BCUT2D eigenvalue weighted by Gasteiger charge is 2.35. The maximum Gasteiger partial charge on any atom is 0.205 e. The van der Waals surface area contributed by atoms with E-state index in [-0.39, 0.29) is 23.7 Å². The minimum absolute atomic E-state index is 0.0326. The number of aliphatic hydroxyl groups excluding tert-OH is 1. The van der Waals surface area contributed by atoms with Crippen LogP contribution in [-0.4, -0.2) is 45.9 Å². The van der Waals surface area contributed by atoms with Crippen LogP contribution in [-0.2, 0) is 10.2 Å². The molecule has 1 aromatic rings. The van der Waals surface area contributed by atoms with Gasteiger partial charge in [-0.2, -0.15) is 4.37 Å². The van der Waals surface area contributed by atoms with E-state index in [0.717, 1.165) is 17.5 Å². The number of ether oxygens (including phenoxy) is 1. The van der Waals surface area contributed by atoms with Gasteiger partial charge in [0, 0.05) is 30.0 Å². The Morgan fingerprint density at radius 3 is 2.68 bits per heavy atom. The lowest BCUT2D eigenvalue weighted by Gasteiger charge is -2.42. The summed E-state index contributed by atoms with van der Waals surface area (Å²) in [6.07, 6.45) is -0.161. The molecular formula is C13H23N3O2S. The smallest absolute Gasteiger partial charge is 0.205 e. The highest BCUT2D eigenvalue weighted by molar-refractivity contribution is 7.09. The molecule has 1 aliphatic rings. The van der Waals surface area contributed by atoms with Crippen molar-refractivity contribution in [1.82, 2.24) is 9.36 Å². The highest BCUT2D eigenvalue weighted by atomic mass is 32.1. The van der Waals surface area contributed by atoms with Crippen LogP contribution in [0.15, 0.2) is 0 Å². The standard InChI is InChI=1S/C13H23N3O2S/c1-12(2,3)10-14-11(19-15-10)16-6-9(7-17)18-13(4,5)8-16/h9,17H,6-8H2,1-5H3. The molecule has 1 unspecified atom stereocenters. The summed E-state index contributed by atoms with van der Waals surface area (Å²) >= 11 is 1.42. The van der Waals surface area contributed by atoms with Gasteiger partial charge < -0.3 is 14.7 Å². The van der Waals surface area contributed by atoms with Crippen LogP contribution in [0, 0.1) is 0 Å². The first-order valence-electron chi connectivity index (χ1n) is 6.59. The number of rotatable bonds is 2. The van der Waals surface area contributed by atoms with Crippen molar-refractivity contribution in [3.8, 4) is 0 Å². The van der Waals surface area contributed by atoms with Crippen LogP contribution in [0.25, 0.3) is 0 Å². The van der Waals surface area contributed by atoms with Crippen LogP contribution in [0.4, 0.5) is 5.13 Å². The molecule has 1 aliphatic heterocycles. The molecule has 2 rings (SSSR count). The summed E-state index contributed by atoms with van der Waals surface area (Å²) in [6.45, 7) is 11.9. The predicted octanol–water partition coefficient (Wildman–Crippen LogP) is 1.81. The van der Waals surface area contributed by atoms with Gasteiger partial charge in [-0.25, -0.2) is 4.98 Å². The van der Waals surface area contributed by atoms with E-state index in [4.69, 9.17) is 4.74 Å². The molecule has 1 fully saturated rings. The van der Waals surface area contributed by atoms with E-state index >= 15 is 0 Å². The van der Waals surface area contributed by atoms with E-state index in [1.165, 1.54) is 11.5 Å². The Bertz CT molecular complexity index is 439. The predicted molar refractivity (Wildman–Crippen MR) is 76.9 cm³/mol. The number of anilines is 1. The van der Waals surface area contributed by atoms with Crippen molar-refractivity contribution >= 4 is 16.7 Å². The van der Waals surface area contributed by atoms with Gasteiger partial charge in [0.15, 0.2) is 0 Å². The first-order valence-corrected chi connectivity index (χ1v) is 7.36. The number of aliphatic hydroxyl groups is 1. The SMILES string of the molecule is CC1(C)CN(c2nc(C(C)(C)C)ns2)CC(CO)O1. The van der Waals surface area contributed by atoms with E-state index in [2.05, 4.69) is 35.0 Å². The van der Waals surface area contributed by atoms with E-state index in [0.29, 0.717) is 6.54 Å². The normalized spacial score (nSPS) is 23.7. The Morgan fingerprint density at radius 1 is 1.47 bits per heavy atom. The molecule has 108 valence electrons. The summed E-state index contributed by atoms with van der Waals surface area (Å²) in [5.41, 5.74) is -0.313. The van der Waals surface area contributed by atoms with Crippen LogP contribution in [0.2, 0.25) is 0 Å². The van der Waals surface area contributed by atoms with Crippen molar-refractivity contribution in [2.75, 3.05) is 24.6 Å². The Labute approximate surface area is 118 Å². The molecule has 2 heterocycles. The molecule has 1 aromatic heterocycles. The van der Waals surface area contributed by atoms with Crippen molar-refractivity contribution in [2.45, 2.75) is 51.7 Å². The van der Waals surface area contributed by atoms with Crippen LogP contribution in [0.5, 0.6) is 0 Å². The minimum Gasteiger partial charge on any atom is -0.394 e. The van der Waals surface area contributed by atoms with Gasteiger partial charge in [0.25, 0.3) is 0 Å². The van der Waals surface area contributed by atoms with E-state index in [1.807, 2.05) is 13.8 Å². The lowest BCUT2D eigenvalue weighted by Crippen LogP contribution is -2.54. The van der Waals surface area contributed by atoms with Crippen molar-refractivity contribution in [3.05, 3.63) is 5.82 Å². The molecule has 0 saturated carbocycles. The molecule has 0 aromatic carbocycles. The van der Waals surface area contributed by atoms with Crippen LogP contribution in [0.3, 0.4) is 0 Å². The summed E-state index contributed by atoms with van der Waals surface area (Å²) in [4.78, 5) is 6.80. The van der Waals surface area contributed by atoms with Gasteiger partial charge in [0.05, 0.1) is 18.3 Å². The first-order chi connectivity index (χ1) is 8.71. The van der Waals surface area contributed by atoms with E-state index in [1.54, 1.807) is 0 Å². The van der Waals surface area contributed by atoms with Gasteiger partial charge in [0.1, 0.15) is 5.82 Å². The van der Waals surface area contributed by atoms with Crippen molar-refractivity contribution in [3.63, 3.8) is 0 Å². The van der Waals surface area contributed by atoms with Crippen molar-refractivity contribution in [2.24, 2.45) is 0 Å². The molecule has 5 nitrogen and oxygen atoms in total. The summed E-state index contributed by atoms with van der Waals surface area (Å²) in [5.74, 6) is 0.873. The first kappa shape index (κ1) is 14.7. The minimum atomic E-state index is -0.279. The Morgan fingerprint density at radius 2 is 2.16 bits per heavy atom. The zero-order valence-electron chi connectivity index (χ0n) is 12.3. The second-order valence-electron chi connectivity index (χ2n) is 6.71. The van der Waals surface area contributed by atoms with Gasteiger partial charge >= 0.3 is 0 Å². The lowest BCUT2D eigenvalue weighted by molar-refractivity contribution is -0.101. The average Bonchev–Trinajstić information content (AvgIpc) is 2.75. The number of hydrogen-bond acceptors (Lipinski definition) is 6. The van der Waals surface area contributed by atoms with Crippen LogP contribution >= 0.6 is 11.5 Å². The van der Waals surface area contributed by atoms with E-state index < -0.39 is 0 Å². The van der Waals surface area contributed by atoms with Crippen molar-refractivity contribution < 1.29 is 9.84 Å². The Balaban J connectivity index is 2.19. The molecule has 1 atom stereocenters. The highest BCUT2D eigenvalue weighted by Crippen LogP contribution is 2.29. The fourth-order valence-corrected chi connectivity index (χ4v) is 3.05.